The fourth-order valence-electron chi connectivity index (χ4n) is 1.33. The average molecular weight is 192 g/mol. The summed E-state index contributed by atoms with van der Waals surface area (Å²) in [6, 6.07) is 5.76. The lowest BCUT2D eigenvalue weighted by molar-refractivity contribution is 0.0964. The predicted molar refractivity (Wildman–Crippen MR) is 58.7 cm³/mol. The molecule has 0 unspecified atom stereocenters. The van der Waals surface area contributed by atoms with Crippen LogP contribution in [0.3, 0.4) is 0 Å². The molecule has 0 atom stereocenters. The Balaban J connectivity index is 3.07. The number of anilines is 1. The second-order valence-corrected chi connectivity index (χ2v) is 3.16. The summed E-state index contributed by atoms with van der Waals surface area (Å²) in [6.07, 6.45) is 0. The Morgan fingerprint density at radius 2 is 2.14 bits per heavy atom. The monoisotopic (exact) mass is 192 g/mol. The molecular formula is C11H16N2O. The van der Waals surface area contributed by atoms with Crippen LogP contribution in [-0.4, -0.2) is 19.5 Å². The lowest BCUT2D eigenvalue weighted by Crippen LogP contribution is -2.19. The molecule has 0 fully saturated rings. The van der Waals surface area contributed by atoms with Gasteiger partial charge in [0, 0.05) is 19.3 Å². The molecule has 0 spiro atoms. The van der Waals surface area contributed by atoms with Crippen LogP contribution in [0, 0.1) is 6.92 Å². The molecule has 0 bridgehead atoms. The number of hydrogen-bond donors (Lipinski definition) is 2. The fourth-order valence-corrected chi connectivity index (χ4v) is 1.33. The van der Waals surface area contributed by atoms with Crippen LogP contribution in [0.1, 0.15) is 22.8 Å². The number of rotatable bonds is 3. The van der Waals surface area contributed by atoms with Gasteiger partial charge in [0.2, 0.25) is 0 Å². The molecule has 0 aliphatic rings. The summed E-state index contributed by atoms with van der Waals surface area (Å²) < 4.78 is 0. The van der Waals surface area contributed by atoms with Crippen molar-refractivity contribution in [2.75, 3.05) is 18.9 Å². The normalized spacial score (nSPS) is 9.64. The third kappa shape index (κ3) is 2.25. The number of benzene rings is 1. The van der Waals surface area contributed by atoms with Gasteiger partial charge in [0.1, 0.15) is 0 Å². The van der Waals surface area contributed by atoms with E-state index in [2.05, 4.69) is 10.6 Å². The Morgan fingerprint density at radius 3 is 2.71 bits per heavy atom. The first-order chi connectivity index (χ1) is 6.69. The van der Waals surface area contributed by atoms with Crippen LogP contribution in [0.25, 0.3) is 0 Å². The van der Waals surface area contributed by atoms with Crippen LogP contribution < -0.4 is 10.6 Å². The van der Waals surface area contributed by atoms with Crippen molar-refractivity contribution in [2.24, 2.45) is 0 Å². The quantitative estimate of drug-likeness (QED) is 0.766. The Bertz CT molecular complexity index is 334. The lowest BCUT2D eigenvalue weighted by Gasteiger charge is -2.10. The molecule has 1 rings (SSSR count). The van der Waals surface area contributed by atoms with Crippen LogP contribution in [0.2, 0.25) is 0 Å². The maximum Gasteiger partial charge on any atom is 0.253 e. The zero-order valence-electron chi connectivity index (χ0n) is 8.85. The van der Waals surface area contributed by atoms with Gasteiger partial charge in [-0.2, -0.15) is 0 Å². The molecule has 1 aromatic carbocycles. The minimum atomic E-state index is -0.0547. The van der Waals surface area contributed by atoms with E-state index < -0.39 is 0 Å². The van der Waals surface area contributed by atoms with Gasteiger partial charge in [-0.25, -0.2) is 0 Å². The molecule has 14 heavy (non-hydrogen) atoms. The van der Waals surface area contributed by atoms with E-state index in [0.717, 1.165) is 17.8 Å². The summed E-state index contributed by atoms with van der Waals surface area (Å²) in [5, 5.41) is 5.79. The van der Waals surface area contributed by atoms with Gasteiger partial charge in [0.05, 0.1) is 5.56 Å². The van der Waals surface area contributed by atoms with Crippen molar-refractivity contribution in [3.8, 4) is 0 Å². The van der Waals surface area contributed by atoms with Crippen molar-refractivity contribution < 1.29 is 4.79 Å². The second kappa shape index (κ2) is 4.65. The number of aryl methyl sites for hydroxylation is 1. The molecular weight excluding hydrogens is 176 g/mol. The van der Waals surface area contributed by atoms with E-state index >= 15 is 0 Å². The number of nitrogens with one attached hydrogen (secondary N) is 2. The minimum absolute atomic E-state index is 0.0547. The predicted octanol–water partition coefficient (Wildman–Crippen LogP) is 1.79. The highest BCUT2D eigenvalue weighted by molar-refractivity contribution is 5.99. The van der Waals surface area contributed by atoms with E-state index in [1.165, 1.54) is 0 Å². The topological polar surface area (TPSA) is 41.1 Å². The molecule has 3 nitrogen and oxygen atoms in total. The first-order valence-corrected chi connectivity index (χ1v) is 4.75. The second-order valence-electron chi connectivity index (χ2n) is 3.16. The van der Waals surface area contributed by atoms with Gasteiger partial charge in [-0.05, 0) is 31.5 Å². The summed E-state index contributed by atoms with van der Waals surface area (Å²) in [6.45, 7) is 4.83. The highest BCUT2D eigenvalue weighted by Crippen LogP contribution is 2.17. The zero-order valence-corrected chi connectivity index (χ0v) is 8.85. The Kier molecular flexibility index (Phi) is 3.51. The molecule has 0 saturated carbocycles. The molecule has 0 radical (unpaired) electrons. The molecule has 0 aromatic heterocycles. The molecule has 3 heteroatoms. The highest BCUT2D eigenvalue weighted by Gasteiger charge is 2.08. The van der Waals surface area contributed by atoms with Crippen molar-refractivity contribution in [3.63, 3.8) is 0 Å². The van der Waals surface area contributed by atoms with Crippen LogP contribution >= 0.6 is 0 Å². The lowest BCUT2D eigenvalue weighted by atomic mass is 10.1. The molecule has 2 N–H and O–H groups in total. The molecule has 0 aliphatic carbocycles. The maximum atomic E-state index is 11.5. The highest BCUT2D eigenvalue weighted by atomic mass is 16.1. The minimum Gasteiger partial charge on any atom is -0.385 e. The van der Waals surface area contributed by atoms with E-state index in [4.69, 9.17) is 0 Å². The molecule has 1 aromatic rings. The van der Waals surface area contributed by atoms with Crippen LogP contribution in [-0.2, 0) is 0 Å². The summed E-state index contributed by atoms with van der Waals surface area (Å²) in [5.74, 6) is -0.0547. The van der Waals surface area contributed by atoms with Gasteiger partial charge in [0.15, 0.2) is 0 Å². The first kappa shape index (κ1) is 10.6. The summed E-state index contributed by atoms with van der Waals surface area (Å²) in [5.41, 5.74) is 2.74. The van der Waals surface area contributed by atoms with Crippen LogP contribution in [0.5, 0.6) is 0 Å². The van der Waals surface area contributed by atoms with Crippen molar-refractivity contribution in [1.82, 2.24) is 5.32 Å². The number of amides is 1. The van der Waals surface area contributed by atoms with Crippen molar-refractivity contribution in [2.45, 2.75) is 13.8 Å². The molecule has 76 valence electrons. The van der Waals surface area contributed by atoms with E-state index in [9.17, 15) is 4.79 Å². The number of hydrogen-bond acceptors (Lipinski definition) is 2. The Morgan fingerprint density at radius 1 is 1.43 bits per heavy atom. The van der Waals surface area contributed by atoms with Gasteiger partial charge in [-0.1, -0.05) is 6.07 Å². The molecule has 0 aliphatic heterocycles. The van der Waals surface area contributed by atoms with E-state index in [0.29, 0.717) is 5.56 Å². The third-order valence-corrected chi connectivity index (χ3v) is 2.01. The van der Waals surface area contributed by atoms with Gasteiger partial charge in [-0.3, -0.25) is 4.79 Å². The summed E-state index contributed by atoms with van der Waals surface area (Å²) in [7, 11) is 1.64. The standard InChI is InChI=1S/C11H16N2O/c1-4-13-10-7-8(2)5-6-9(10)11(14)12-3/h5-7,13H,4H2,1-3H3,(H,12,14). The van der Waals surface area contributed by atoms with E-state index in [-0.39, 0.29) is 5.91 Å². The van der Waals surface area contributed by atoms with E-state index in [1.807, 2.05) is 32.0 Å². The molecule has 1 amide bonds. The van der Waals surface area contributed by atoms with Crippen LogP contribution in [0.15, 0.2) is 18.2 Å². The van der Waals surface area contributed by atoms with Gasteiger partial charge in [0.25, 0.3) is 5.91 Å². The first-order valence-electron chi connectivity index (χ1n) is 4.75. The zero-order chi connectivity index (χ0) is 10.6. The van der Waals surface area contributed by atoms with Crippen molar-refractivity contribution >= 4 is 11.6 Å². The maximum absolute atomic E-state index is 11.5. The summed E-state index contributed by atoms with van der Waals surface area (Å²) in [4.78, 5) is 11.5. The van der Waals surface area contributed by atoms with Crippen molar-refractivity contribution in [3.05, 3.63) is 29.3 Å². The van der Waals surface area contributed by atoms with Gasteiger partial charge < -0.3 is 10.6 Å². The van der Waals surface area contributed by atoms with E-state index in [1.54, 1.807) is 7.05 Å². The Labute approximate surface area is 84.5 Å². The Hall–Kier alpha value is -1.51. The molecule has 0 heterocycles. The SMILES string of the molecule is CCNc1cc(C)ccc1C(=O)NC. The largest absolute Gasteiger partial charge is 0.385 e. The fraction of sp³-hybridized carbons (Fsp3) is 0.364. The molecule has 0 saturated heterocycles. The smallest absolute Gasteiger partial charge is 0.253 e. The van der Waals surface area contributed by atoms with Crippen LogP contribution in [0.4, 0.5) is 5.69 Å². The number of carbonyl (C=O) groups excluding carboxylic acids is 1. The summed E-state index contributed by atoms with van der Waals surface area (Å²) >= 11 is 0. The third-order valence-electron chi connectivity index (χ3n) is 2.01. The number of carbonyl (C=O) groups is 1. The van der Waals surface area contributed by atoms with Gasteiger partial charge >= 0.3 is 0 Å². The van der Waals surface area contributed by atoms with Gasteiger partial charge in [-0.15, -0.1) is 0 Å². The average Bonchev–Trinajstić information content (AvgIpc) is 2.17. The van der Waals surface area contributed by atoms with Crippen molar-refractivity contribution in [1.29, 1.82) is 0 Å².